The molecule has 4 rings (SSSR count). The van der Waals surface area contributed by atoms with Gasteiger partial charge in [-0.05, 0) is 68.1 Å². The lowest BCUT2D eigenvalue weighted by molar-refractivity contribution is -0.139. The molecule has 6 nitrogen and oxygen atoms in total. The molecule has 0 aromatic heterocycles. The zero-order valence-corrected chi connectivity index (χ0v) is 16.4. The Balaban J connectivity index is 1.56. The van der Waals surface area contributed by atoms with Crippen LogP contribution in [0, 0.1) is 25.7 Å². The monoisotopic (exact) mass is 389 g/mol. The van der Waals surface area contributed by atoms with Gasteiger partial charge in [-0.3, -0.25) is 19.8 Å². The Hall–Kier alpha value is -3.41. The maximum atomic E-state index is 12.9. The first-order valence-electron chi connectivity index (χ1n) is 9.72. The fraction of sp³-hybridized carbons (Fsp3) is 0.261. The van der Waals surface area contributed by atoms with Gasteiger partial charge in [-0.1, -0.05) is 24.3 Å². The van der Waals surface area contributed by atoms with Gasteiger partial charge in [-0.2, -0.15) is 0 Å². The molecule has 0 bridgehead atoms. The predicted molar refractivity (Wildman–Crippen MR) is 111 cm³/mol. The molecule has 29 heavy (non-hydrogen) atoms. The van der Waals surface area contributed by atoms with Gasteiger partial charge in [0.05, 0.1) is 17.5 Å². The van der Waals surface area contributed by atoms with Crippen LogP contribution in [0.1, 0.15) is 34.3 Å². The van der Waals surface area contributed by atoms with Crippen molar-refractivity contribution in [2.75, 3.05) is 10.3 Å². The molecule has 1 aliphatic carbocycles. The highest BCUT2D eigenvalue weighted by Gasteiger charge is 2.42. The van der Waals surface area contributed by atoms with Crippen molar-refractivity contribution in [2.24, 2.45) is 11.8 Å². The summed E-state index contributed by atoms with van der Waals surface area (Å²) >= 11 is 0. The number of fused-ring (bicyclic) bond motifs is 1. The number of anilines is 2. The average molecular weight is 389 g/mol. The molecule has 0 spiro atoms. The Morgan fingerprint density at radius 1 is 1.00 bits per heavy atom. The van der Waals surface area contributed by atoms with Crippen LogP contribution in [0.5, 0.6) is 0 Å². The Kier molecular flexibility index (Phi) is 4.92. The second kappa shape index (κ2) is 7.54. The van der Waals surface area contributed by atoms with E-state index in [4.69, 9.17) is 0 Å². The number of hydrogen-bond acceptors (Lipinski definition) is 3. The number of nitrogens with zero attached hydrogens (tertiary/aromatic N) is 1. The van der Waals surface area contributed by atoms with Crippen LogP contribution in [0.4, 0.5) is 11.4 Å². The maximum absolute atomic E-state index is 12.9. The summed E-state index contributed by atoms with van der Waals surface area (Å²) in [5.74, 6) is -1.26. The molecule has 1 fully saturated rings. The summed E-state index contributed by atoms with van der Waals surface area (Å²) in [5, 5.41) is 4.16. The van der Waals surface area contributed by atoms with E-state index in [2.05, 4.69) is 10.7 Å². The zero-order chi connectivity index (χ0) is 20.5. The van der Waals surface area contributed by atoms with Crippen LogP contribution in [0.2, 0.25) is 0 Å². The third-order valence-electron chi connectivity index (χ3n) is 5.66. The molecule has 2 N–H and O–H groups in total. The lowest BCUT2D eigenvalue weighted by Gasteiger charge is -2.38. The van der Waals surface area contributed by atoms with Gasteiger partial charge in [-0.25, -0.2) is 5.01 Å². The molecule has 3 amide bonds. The van der Waals surface area contributed by atoms with Crippen LogP contribution < -0.4 is 15.8 Å². The highest BCUT2D eigenvalue weighted by atomic mass is 16.2. The number of allylic oxidation sites excluding steroid dienone is 2. The molecule has 148 valence electrons. The van der Waals surface area contributed by atoms with E-state index in [1.54, 1.807) is 24.3 Å². The van der Waals surface area contributed by atoms with Gasteiger partial charge < -0.3 is 5.32 Å². The highest BCUT2D eigenvalue weighted by molar-refractivity contribution is 6.07. The minimum atomic E-state index is -0.359. The van der Waals surface area contributed by atoms with E-state index in [0.717, 1.165) is 11.1 Å². The van der Waals surface area contributed by atoms with E-state index in [0.29, 0.717) is 29.8 Å². The quantitative estimate of drug-likeness (QED) is 0.789. The van der Waals surface area contributed by atoms with E-state index < -0.39 is 0 Å². The van der Waals surface area contributed by atoms with Crippen molar-refractivity contribution in [3.8, 4) is 0 Å². The number of rotatable bonds is 3. The van der Waals surface area contributed by atoms with Crippen LogP contribution >= 0.6 is 0 Å². The minimum absolute atomic E-state index is 0.148. The van der Waals surface area contributed by atoms with Gasteiger partial charge in [0.25, 0.3) is 5.91 Å². The van der Waals surface area contributed by atoms with Gasteiger partial charge in [0, 0.05) is 11.3 Å². The standard InChI is InChI=1S/C23H23N3O3/c1-14-10-11-17(12-15(14)2)24-21(27)16-6-5-7-18(13-16)26-23(29)20-9-4-3-8-19(20)22(28)25-26/h3-7,10-13,19-20H,8-9H2,1-2H3,(H,24,27)(H,25,28). The summed E-state index contributed by atoms with van der Waals surface area (Å²) in [4.78, 5) is 38.1. The predicted octanol–water partition coefficient (Wildman–Crippen LogP) is 3.52. The molecular weight excluding hydrogens is 366 g/mol. The first-order chi connectivity index (χ1) is 13.9. The summed E-state index contributed by atoms with van der Waals surface area (Å²) in [5.41, 5.74) is 6.53. The normalized spacial score (nSPS) is 20.8. The van der Waals surface area contributed by atoms with Crippen molar-refractivity contribution in [3.63, 3.8) is 0 Å². The highest BCUT2D eigenvalue weighted by Crippen LogP contribution is 2.32. The Labute approximate surface area is 169 Å². The van der Waals surface area contributed by atoms with Crippen molar-refractivity contribution in [1.29, 1.82) is 0 Å². The fourth-order valence-corrected chi connectivity index (χ4v) is 3.79. The summed E-state index contributed by atoms with van der Waals surface area (Å²) in [6, 6.07) is 12.5. The number of nitrogens with one attached hydrogen (secondary N) is 2. The van der Waals surface area contributed by atoms with Crippen LogP contribution in [0.25, 0.3) is 0 Å². The summed E-state index contributed by atoms with van der Waals surface area (Å²) in [7, 11) is 0. The van der Waals surface area contributed by atoms with Crippen LogP contribution in [0.15, 0.2) is 54.6 Å². The molecule has 6 heteroatoms. The van der Waals surface area contributed by atoms with Crippen LogP contribution in [0.3, 0.4) is 0 Å². The lowest BCUT2D eigenvalue weighted by atomic mass is 9.80. The van der Waals surface area contributed by atoms with Crippen LogP contribution in [-0.4, -0.2) is 17.7 Å². The number of aryl methyl sites for hydroxylation is 2. The van der Waals surface area contributed by atoms with E-state index in [9.17, 15) is 14.4 Å². The first kappa shape index (κ1) is 18.9. The Morgan fingerprint density at radius 3 is 2.52 bits per heavy atom. The molecular formula is C23H23N3O3. The Bertz CT molecular complexity index is 1030. The second-order valence-electron chi connectivity index (χ2n) is 7.61. The molecule has 1 heterocycles. The molecule has 0 radical (unpaired) electrons. The van der Waals surface area contributed by atoms with E-state index >= 15 is 0 Å². The largest absolute Gasteiger partial charge is 0.322 e. The maximum Gasteiger partial charge on any atom is 0.255 e. The smallest absolute Gasteiger partial charge is 0.255 e. The average Bonchev–Trinajstić information content (AvgIpc) is 2.73. The third-order valence-corrected chi connectivity index (χ3v) is 5.66. The van der Waals surface area contributed by atoms with Crippen molar-refractivity contribution >= 4 is 29.1 Å². The second-order valence-corrected chi connectivity index (χ2v) is 7.61. The minimum Gasteiger partial charge on any atom is -0.322 e. The van der Waals surface area contributed by atoms with Crippen molar-refractivity contribution in [3.05, 3.63) is 71.3 Å². The van der Waals surface area contributed by atoms with Gasteiger partial charge in [-0.15, -0.1) is 0 Å². The van der Waals surface area contributed by atoms with Crippen molar-refractivity contribution in [2.45, 2.75) is 26.7 Å². The van der Waals surface area contributed by atoms with Gasteiger partial charge in [0.1, 0.15) is 0 Å². The molecule has 2 atom stereocenters. The number of carbonyl (C=O) groups is 3. The first-order valence-corrected chi connectivity index (χ1v) is 9.72. The number of hydrogen-bond donors (Lipinski definition) is 2. The Morgan fingerprint density at radius 2 is 1.76 bits per heavy atom. The molecule has 1 saturated heterocycles. The molecule has 2 unspecified atom stereocenters. The number of benzene rings is 2. The SMILES string of the molecule is Cc1ccc(NC(=O)c2cccc(N3NC(=O)C4CC=CCC4C3=O)c2)cc1C. The lowest BCUT2D eigenvalue weighted by Crippen LogP contribution is -2.59. The van der Waals surface area contributed by atoms with Gasteiger partial charge in [0.15, 0.2) is 0 Å². The molecule has 0 saturated carbocycles. The van der Waals surface area contributed by atoms with Crippen LogP contribution in [-0.2, 0) is 9.59 Å². The topological polar surface area (TPSA) is 78.5 Å². The van der Waals surface area contributed by atoms with E-state index in [1.807, 2.05) is 44.2 Å². The van der Waals surface area contributed by atoms with E-state index in [-0.39, 0.29) is 29.6 Å². The molecule has 2 aromatic carbocycles. The summed E-state index contributed by atoms with van der Waals surface area (Å²) < 4.78 is 0. The van der Waals surface area contributed by atoms with Crippen molar-refractivity contribution < 1.29 is 14.4 Å². The molecule has 1 aliphatic heterocycles. The van der Waals surface area contributed by atoms with E-state index in [1.165, 1.54) is 5.01 Å². The molecule has 2 aromatic rings. The van der Waals surface area contributed by atoms with Gasteiger partial charge >= 0.3 is 0 Å². The summed E-state index contributed by atoms with van der Waals surface area (Å²) in [6.07, 6.45) is 5.03. The fourth-order valence-electron chi connectivity index (χ4n) is 3.79. The third kappa shape index (κ3) is 3.66. The van der Waals surface area contributed by atoms with Gasteiger partial charge in [0.2, 0.25) is 11.8 Å². The number of carbonyl (C=O) groups excluding carboxylic acids is 3. The van der Waals surface area contributed by atoms with Crippen molar-refractivity contribution in [1.82, 2.24) is 5.43 Å². The number of amides is 3. The molecule has 2 aliphatic rings. The summed E-state index contributed by atoms with van der Waals surface area (Å²) in [6.45, 7) is 4.00. The number of hydrazine groups is 1. The zero-order valence-electron chi connectivity index (χ0n) is 16.4.